The van der Waals surface area contributed by atoms with E-state index in [0.29, 0.717) is 6.42 Å². The average Bonchev–Trinajstić information content (AvgIpc) is 3.11. The molecule has 0 aromatic heterocycles. The van der Waals surface area contributed by atoms with Crippen LogP contribution in [-0.4, -0.2) is 18.9 Å². The Morgan fingerprint density at radius 1 is 0.920 bits per heavy atom. The van der Waals surface area contributed by atoms with E-state index < -0.39 is 0 Å². The van der Waals surface area contributed by atoms with E-state index in [1.807, 2.05) is 0 Å². The van der Waals surface area contributed by atoms with Crippen LogP contribution in [0.25, 0.3) is 0 Å². The molecule has 0 aromatic carbocycles. The maximum Gasteiger partial charge on any atom is 0.308 e. The van der Waals surface area contributed by atoms with Gasteiger partial charge in [-0.25, -0.2) is 0 Å². The SMILES string of the molecule is CCCCCCCCC=CCCCCCCCC(=O)OC1CCCO1. The van der Waals surface area contributed by atoms with Gasteiger partial charge in [0.15, 0.2) is 0 Å². The lowest BCUT2D eigenvalue weighted by molar-refractivity contribution is -0.169. The molecule has 1 aliphatic rings. The summed E-state index contributed by atoms with van der Waals surface area (Å²) >= 11 is 0. The van der Waals surface area contributed by atoms with Crippen LogP contribution >= 0.6 is 0 Å². The Kier molecular flexibility index (Phi) is 14.8. The van der Waals surface area contributed by atoms with Crippen molar-refractivity contribution < 1.29 is 14.3 Å². The quantitative estimate of drug-likeness (QED) is 0.176. The zero-order valence-corrected chi connectivity index (χ0v) is 16.5. The number of allylic oxidation sites excluding steroid dienone is 2. The summed E-state index contributed by atoms with van der Waals surface area (Å²) in [7, 11) is 0. The lowest BCUT2D eigenvalue weighted by Gasteiger charge is -2.10. The highest BCUT2D eigenvalue weighted by atomic mass is 16.7. The van der Waals surface area contributed by atoms with Gasteiger partial charge in [0, 0.05) is 12.8 Å². The molecule has 1 fully saturated rings. The molecule has 0 amide bonds. The van der Waals surface area contributed by atoms with Gasteiger partial charge in [0.25, 0.3) is 0 Å². The number of ether oxygens (including phenoxy) is 2. The van der Waals surface area contributed by atoms with E-state index in [1.165, 1.54) is 70.6 Å². The lowest BCUT2D eigenvalue weighted by atomic mass is 10.1. The highest BCUT2D eigenvalue weighted by Gasteiger charge is 2.19. The van der Waals surface area contributed by atoms with Crippen molar-refractivity contribution in [2.75, 3.05) is 6.61 Å². The van der Waals surface area contributed by atoms with Crippen molar-refractivity contribution in [2.24, 2.45) is 0 Å². The summed E-state index contributed by atoms with van der Waals surface area (Å²) in [6.07, 6.45) is 23.4. The topological polar surface area (TPSA) is 35.5 Å². The van der Waals surface area contributed by atoms with Crippen LogP contribution in [0.4, 0.5) is 0 Å². The number of unbranched alkanes of at least 4 members (excludes halogenated alkanes) is 11. The fraction of sp³-hybridized carbons (Fsp3) is 0.864. The van der Waals surface area contributed by atoms with Crippen LogP contribution in [0.5, 0.6) is 0 Å². The third kappa shape index (κ3) is 14.1. The van der Waals surface area contributed by atoms with Crippen molar-refractivity contribution in [1.82, 2.24) is 0 Å². The Morgan fingerprint density at radius 2 is 1.52 bits per heavy atom. The van der Waals surface area contributed by atoms with Gasteiger partial charge >= 0.3 is 5.97 Å². The molecule has 3 heteroatoms. The van der Waals surface area contributed by atoms with Crippen molar-refractivity contribution in [3.05, 3.63) is 12.2 Å². The number of hydrogen-bond donors (Lipinski definition) is 0. The monoisotopic (exact) mass is 352 g/mol. The van der Waals surface area contributed by atoms with Gasteiger partial charge in [-0.2, -0.15) is 0 Å². The molecule has 0 aliphatic carbocycles. The summed E-state index contributed by atoms with van der Waals surface area (Å²) in [6.45, 7) is 2.99. The second-order valence-electron chi connectivity index (χ2n) is 7.27. The Hall–Kier alpha value is -0.830. The van der Waals surface area contributed by atoms with E-state index in [1.54, 1.807) is 0 Å². The Balaban J connectivity index is 1.76. The predicted octanol–water partition coefficient (Wildman–Crippen LogP) is 6.70. The standard InChI is InChI=1S/C22H40O3/c1-2-3-4-5-6-7-8-9-10-11-12-13-14-15-16-18-21(23)25-22-19-17-20-24-22/h9-10,22H,2-8,11-20H2,1H3. The second kappa shape index (κ2) is 16.6. The summed E-state index contributed by atoms with van der Waals surface area (Å²) in [4.78, 5) is 11.6. The fourth-order valence-electron chi connectivity index (χ4n) is 3.19. The first-order chi connectivity index (χ1) is 12.3. The average molecular weight is 353 g/mol. The highest BCUT2D eigenvalue weighted by Crippen LogP contribution is 2.15. The van der Waals surface area contributed by atoms with Crippen LogP contribution < -0.4 is 0 Å². The molecule has 3 nitrogen and oxygen atoms in total. The zero-order chi connectivity index (χ0) is 18.0. The molecule has 0 saturated carbocycles. The van der Waals surface area contributed by atoms with Gasteiger partial charge in [0.05, 0.1) is 6.61 Å². The molecular formula is C22H40O3. The maximum atomic E-state index is 11.6. The number of hydrogen-bond acceptors (Lipinski definition) is 3. The first kappa shape index (κ1) is 22.2. The van der Waals surface area contributed by atoms with E-state index in [2.05, 4.69) is 19.1 Å². The third-order valence-electron chi connectivity index (χ3n) is 4.79. The molecular weight excluding hydrogens is 312 g/mol. The summed E-state index contributed by atoms with van der Waals surface area (Å²) < 4.78 is 10.6. The molecule has 0 bridgehead atoms. The van der Waals surface area contributed by atoms with Crippen molar-refractivity contribution in [3.8, 4) is 0 Å². The number of carbonyl (C=O) groups excluding carboxylic acids is 1. The summed E-state index contributed by atoms with van der Waals surface area (Å²) in [5, 5.41) is 0. The molecule has 1 unspecified atom stereocenters. The van der Waals surface area contributed by atoms with Crippen molar-refractivity contribution in [2.45, 2.75) is 116 Å². The van der Waals surface area contributed by atoms with Crippen LogP contribution in [0, 0.1) is 0 Å². The summed E-state index contributed by atoms with van der Waals surface area (Å²) in [6, 6.07) is 0. The molecule has 0 radical (unpaired) electrons. The number of carbonyl (C=O) groups is 1. The zero-order valence-electron chi connectivity index (χ0n) is 16.5. The van der Waals surface area contributed by atoms with Crippen LogP contribution in [0.1, 0.15) is 110 Å². The Labute approximate surface area is 155 Å². The summed E-state index contributed by atoms with van der Waals surface area (Å²) in [5.74, 6) is -0.0930. The number of esters is 1. The first-order valence-corrected chi connectivity index (χ1v) is 10.8. The first-order valence-electron chi connectivity index (χ1n) is 10.8. The fourth-order valence-corrected chi connectivity index (χ4v) is 3.19. The van der Waals surface area contributed by atoms with E-state index >= 15 is 0 Å². The normalized spacial score (nSPS) is 17.4. The van der Waals surface area contributed by atoms with Gasteiger partial charge in [0.1, 0.15) is 0 Å². The van der Waals surface area contributed by atoms with Gasteiger partial charge in [-0.05, 0) is 38.5 Å². The Morgan fingerprint density at radius 3 is 2.12 bits per heavy atom. The van der Waals surface area contributed by atoms with Crippen molar-refractivity contribution in [3.63, 3.8) is 0 Å². The number of rotatable bonds is 16. The van der Waals surface area contributed by atoms with Gasteiger partial charge in [-0.15, -0.1) is 0 Å². The van der Waals surface area contributed by atoms with E-state index in [-0.39, 0.29) is 12.3 Å². The van der Waals surface area contributed by atoms with E-state index in [0.717, 1.165) is 32.3 Å². The highest BCUT2D eigenvalue weighted by molar-refractivity contribution is 5.69. The predicted molar refractivity (Wildman–Crippen MR) is 105 cm³/mol. The molecule has 25 heavy (non-hydrogen) atoms. The molecule has 1 aliphatic heterocycles. The molecule has 1 rings (SSSR count). The van der Waals surface area contributed by atoms with Crippen molar-refractivity contribution in [1.29, 1.82) is 0 Å². The Bertz CT molecular complexity index is 332. The van der Waals surface area contributed by atoms with Gasteiger partial charge in [-0.1, -0.05) is 70.4 Å². The van der Waals surface area contributed by atoms with Crippen molar-refractivity contribution >= 4 is 5.97 Å². The molecule has 1 heterocycles. The second-order valence-corrected chi connectivity index (χ2v) is 7.27. The molecule has 0 N–H and O–H groups in total. The van der Waals surface area contributed by atoms with Crippen LogP contribution in [0.15, 0.2) is 12.2 Å². The lowest BCUT2D eigenvalue weighted by Crippen LogP contribution is -2.16. The van der Waals surface area contributed by atoms with Gasteiger partial charge < -0.3 is 9.47 Å². The molecule has 1 saturated heterocycles. The molecule has 146 valence electrons. The maximum absolute atomic E-state index is 11.6. The van der Waals surface area contributed by atoms with Crippen LogP contribution in [0.3, 0.4) is 0 Å². The van der Waals surface area contributed by atoms with E-state index in [9.17, 15) is 4.79 Å². The summed E-state index contributed by atoms with van der Waals surface area (Å²) in [5.41, 5.74) is 0. The minimum absolute atomic E-state index is 0.0930. The van der Waals surface area contributed by atoms with Crippen LogP contribution in [0.2, 0.25) is 0 Å². The largest absolute Gasteiger partial charge is 0.436 e. The molecule has 1 atom stereocenters. The van der Waals surface area contributed by atoms with Crippen LogP contribution in [-0.2, 0) is 14.3 Å². The van der Waals surface area contributed by atoms with E-state index in [4.69, 9.17) is 9.47 Å². The molecule has 0 aromatic rings. The van der Waals surface area contributed by atoms with Gasteiger partial charge in [0.2, 0.25) is 6.29 Å². The third-order valence-corrected chi connectivity index (χ3v) is 4.79. The smallest absolute Gasteiger partial charge is 0.308 e. The minimum atomic E-state index is -0.268. The van der Waals surface area contributed by atoms with Gasteiger partial charge in [-0.3, -0.25) is 4.79 Å². The minimum Gasteiger partial charge on any atom is -0.436 e. The molecule has 0 spiro atoms.